The molecule has 0 aliphatic heterocycles. The summed E-state index contributed by atoms with van der Waals surface area (Å²) in [4.78, 5) is 19.1. The van der Waals surface area contributed by atoms with Crippen molar-refractivity contribution in [3.05, 3.63) is 117 Å². The number of Topliss-reactive ketones (excluding diaryl/α,β-unsaturated/α-hetero) is 1. The molecule has 5 rings (SSSR count). The molecule has 2 heterocycles. The second kappa shape index (κ2) is 8.68. The number of hydrogen-bond acceptors (Lipinski definition) is 3. The summed E-state index contributed by atoms with van der Waals surface area (Å²) >= 11 is 1.77. The predicted octanol–water partition coefficient (Wildman–Crippen LogP) is 7.01. The molecule has 0 atom stereocenters. The molecular formula is C29H25NOS. The summed E-state index contributed by atoms with van der Waals surface area (Å²) in [7, 11) is 0. The van der Waals surface area contributed by atoms with E-state index in [1.165, 1.54) is 27.1 Å². The van der Waals surface area contributed by atoms with Gasteiger partial charge < -0.3 is 0 Å². The van der Waals surface area contributed by atoms with E-state index >= 15 is 0 Å². The molecule has 3 heteroatoms. The molecule has 0 radical (unpaired) electrons. The maximum atomic E-state index is 12.8. The van der Waals surface area contributed by atoms with Gasteiger partial charge in [0.1, 0.15) is 0 Å². The summed E-state index contributed by atoms with van der Waals surface area (Å²) in [6, 6.07) is 20.7. The molecule has 0 unspecified atom stereocenters. The van der Waals surface area contributed by atoms with Gasteiger partial charge in [-0.2, -0.15) is 0 Å². The number of nitrogens with zero attached hydrogens (tertiary/aromatic N) is 1. The highest BCUT2D eigenvalue weighted by atomic mass is 32.1. The Labute approximate surface area is 193 Å². The Kier molecular flexibility index (Phi) is 5.59. The van der Waals surface area contributed by atoms with Crippen molar-refractivity contribution < 1.29 is 4.79 Å². The maximum Gasteiger partial charge on any atom is 0.167 e. The molecule has 0 amide bonds. The van der Waals surface area contributed by atoms with E-state index in [4.69, 9.17) is 4.98 Å². The van der Waals surface area contributed by atoms with Crippen LogP contribution in [0.15, 0.2) is 72.1 Å². The largest absolute Gasteiger partial charge is 0.294 e. The van der Waals surface area contributed by atoms with Crippen molar-refractivity contribution in [3.8, 4) is 10.4 Å². The van der Waals surface area contributed by atoms with Gasteiger partial charge in [0, 0.05) is 46.5 Å². The van der Waals surface area contributed by atoms with E-state index in [2.05, 4.69) is 60.9 Å². The fraction of sp³-hybridized carbons (Fsp3) is 0.172. The zero-order valence-electron chi connectivity index (χ0n) is 18.4. The molecule has 0 saturated heterocycles. The molecule has 0 spiro atoms. The van der Waals surface area contributed by atoms with Gasteiger partial charge in [-0.25, -0.2) is 0 Å². The standard InChI is InChI=1S/C29H25NOS/c1-19-6-3-7-22(14-19)28(31)16-21-12-11-20(2)23(15-21)17-24-18-26(29-10-5-13-32-29)25-8-4-9-27(25)30-24/h3-8,10-15,18H,9,16-17H2,1-2H3. The van der Waals surface area contributed by atoms with Gasteiger partial charge in [-0.3, -0.25) is 9.78 Å². The van der Waals surface area contributed by atoms with Crippen molar-refractivity contribution in [1.82, 2.24) is 4.98 Å². The van der Waals surface area contributed by atoms with E-state index in [0.29, 0.717) is 6.42 Å². The smallest absolute Gasteiger partial charge is 0.167 e. The number of thiophene rings is 1. The summed E-state index contributed by atoms with van der Waals surface area (Å²) in [5.41, 5.74) is 10.2. The van der Waals surface area contributed by atoms with E-state index < -0.39 is 0 Å². The van der Waals surface area contributed by atoms with E-state index in [1.54, 1.807) is 11.3 Å². The second-order valence-corrected chi connectivity index (χ2v) is 9.46. The van der Waals surface area contributed by atoms with Crippen molar-refractivity contribution in [2.24, 2.45) is 0 Å². The van der Waals surface area contributed by atoms with Gasteiger partial charge in [-0.05, 0) is 54.1 Å². The number of ketones is 1. The second-order valence-electron chi connectivity index (χ2n) is 8.51. The minimum absolute atomic E-state index is 0.158. The number of allylic oxidation sites excluding steroid dienone is 1. The van der Waals surface area contributed by atoms with E-state index in [-0.39, 0.29) is 5.78 Å². The first-order valence-electron chi connectivity index (χ1n) is 11.0. The SMILES string of the molecule is Cc1cccc(C(=O)Cc2ccc(C)c(Cc3cc(-c4cccs4)c4c(n3)CC=C4)c2)c1. The first kappa shape index (κ1) is 20.6. The summed E-state index contributed by atoms with van der Waals surface area (Å²) in [6.45, 7) is 4.15. The lowest BCUT2D eigenvalue weighted by Crippen LogP contribution is -2.05. The van der Waals surface area contributed by atoms with Crippen LogP contribution in [0.4, 0.5) is 0 Å². The zero-order valence-corrected chi connectivity index (χ0v) is 19.2. The van der Waals surface area contributed by atoms with Crippen LogP contribution in [0.1, 0.15) is 49.6 Å². The average molecular weight is 436 g/mol. The van der Waals surface area contributed by atoms with Crippen molar-refractivity contribution >= 4 is 23.2 Å². The Bertz CT molecular complexity index is 1330. The quantitative estimate of drug-likeness (QED) is 0.305. The number of rotatable bonds is 6. The fourth-order valence-corrected chi connectivity index (χ4v) is 5.10. The van der Waals surface area contributed by atoms with Crippen LogP contribution in [0.25, 0.3) is 16.5 Å². The first-order chi connectivity index (χ1) is 15.6. The Hall–Kier alpha value is -3.30. The van der Waals surface area contributed by atoms with Crippen molar-refractivity contribution in [1.29, 1.82) is 0 Å². The van der Waals surface area contributed by atoms with Gasteiger partial charge in [-0.1, -0.05) is 60.2 Å². The number of pyridine rings is 1. The number of fused-ring (bicyclic) bond motifs is 1. The molecule has 2 nitrogen and oxygen atoms in total. The normalized spacial score (nSPS) is 12.2. The Morgan fingerprint density at radius 1 is 1.03 bits per heavy atom. The van der Waals surface area contributed by atoms with Crippen molar-refractivity contribution in [2.75, 3.05) is 0 Å². The number of benzene rings is 2. The van der Waals surface area contributed by atoms with Crippen LogP contribution in [0.5, 0.6) is 0 Å². The van der Waals surface area contributed by atoms with Crippen LogP contribution in [0.3, 0.4) is 0 Å². The van der Waals surface area contributed by atoms with Gasteiger partial charge >= 0.3 is 0 Å². The van der Waals surface area contributed by atoms with Crippen LogP contribution < -0.4 is 0 Å². The molecule has 2 aromatic carbocycles. The van der Waals surface area contributed by atoms with Gasteiger partial charge in [-0.15, -0.1) is 11.3 Å². The molecule has 0 fully saturated rings. The summed E-state index contributed by atoms with van der Waals surface area (Å²) in [5, 5.41) is 2.12. The van der Waals surface area contributed by atoms with Gasteiger partial charge in [0.15, 0.2) is 5.78 Å². The molecule has 0 saturated carbocycles. The molecule has 158 valence electrons. The zero-order chi connectivity index (χ0) is 22.1. The summed E-state index contributed by atoms with van der Waals surface area (Å²) in [6.07, 6.45) is 6.47. The average Bonchev–Trinajstić information content (AvgIpc) is 3.47. The Balaban J connectivity index is 1.43. The van der Waals surface area contributed by atoms with E-state index in [1.807, 2.05) is 31.2 Å². The Morgan fingerprint density at radius 3 is 2.75 bits per heavy atom. The van der Waals surface area contributed by atoms with Crippen molar-refractivity contribution in [2.45, 2.75) is 33.1 Å². The van der Waals surface area contributed by atoms with Crippen molar-refractivity contribution in [3.63, 3.8) is 0 Å². The highest BCUT2D eigenvalue weighted by Gasteiger charge is 2.17. The van der Waals surface area contributed by atoms with Crippen LogP contribution >= 0.6 is 11.3 Å². The van der Waals surface area contributed by atoms with Gasteiger partial charge in [0.25, 0.3) is 0 Å². The monoisotopic (exact) mass is 435 g/mol. The van der Waals surface area contributed by atoms with Crippen LogP contribution in [-0.4, -0.2) is 10.8 Å². The fourth-order valence-electron chi connectivity index (χ4n) is 4.35. The molecule has 4 aromatic rings. The van der Waals surface area contributed by atoms with Crippen LogP contribution in [0.2, 0.25) is 0 Å². The van der Waals surface area contributed by atoms with Crippen LogP contribution in [-0.2, 0) is 19.3 Å². The molecular weight excluding hydrogens is 410 g/mol. The van der Waals surface area contributed by atoms with Crippen LogP contribution in [0, 0.1) is 13.8 Å². The molecule has 0 N–H and O–H groups in total. The lowest BCUT2D eigenvalue weighted by Gasteiger charge is -2.12. The highest BCUT2D eigenvalue weighted by molar-refractivity contribution is 7.13. The number of hydrogen-bond donors (Lipinski definition) is 0. The summed E-state index contributed by atoms with van der Waals surface area (Å²) in [5.74, 6) is 0.158. The first-order valence-corrected chi connectivity index (χ1v) is 11.9. The lowest BCUT2D eigenvalue weighted by atomic mass is 9.95. The highest BCUT2D eigenvalue weighted by Crippen LogP contribution is 2.34. The number of aryl methyl sites for hydroxylation is 2. The molecule has 1 aliphatic carbocycles. The third kappa shape index (κ3) is 4.21. The predicted molar refractivity (Wildman–Crippen MR) is 133 cm³/mol. The third-order valence-corrected chi connectivity index (χ3v) is 6.97. The van der Waals surface area contributed by atoms with Gasteiger partial charge in [0.05, 0.1) is 5.69 Å². The topological polar surface area (TPSA) is 30.0 Å². The minimum Gasteiger partial charge on any atom is -0.294 e. The number of carbonyl (C=O) groups excluding carboxylic acids is 1. The Morgan fingerprint density at radius 2 is 1.94 bits per heavy atom. The summed E-state index contributed by atoms with van der Waals surface area (Å²) < 4.78 is 0. The minimum atomic E-state index is 0.158. The van der Waals surface area contributed by atoms with Gasteiger partial charge in [0.2, 0.25) is 0 Å². The molecule has 1 aliphatic rings. The molecule has 2 aromatic heterocycles. The lowest BCUT2D eigenvalue weighted by molar-refractivity contribution is 0.0993. The van der Waals surface area contributed by atoms with E-state index in [0.717, 1.165) is 40.9 Å². The molecule has 0 bridgehead atoms. The van der Waals surface area contributed by atoms with E-state index in [9.17, 15) is 4.79 Å². The number of carbonyl (C=O) groups is 1. The maximum absolute atomic E-state index is 12.8. The molecule has 32 heavy (non-hydrogen) atoms. The third-order valence-electron chi connectivity index (χ3n) is 6.06. The number of aromatic nitrogens is 1.